The van der Waals surface area contributed by atoms with E-state index in [-0.39, 0.29) is 0 Å². The summed E-state index contributed by atoms with van der Waals surface area (Å²) in [6.07, 6.45) is 6.93. The summed E-state index contributed by atoms with van der Waals surface area (Å²) in [5, 5.41) is 0. The average molecular weight is 322 g/mol. The number of carbonyl (C=O) groups is 1. The molecule has 2 aliphatic rings. The molecule has 1 unspecified atom stereocenters. The molecule has 2 fully saturated rings. The van der Waals surface area contributed by atoms with Crippen LogP contribution in [0, 0.1) is 0 Å². The Morgan fingerprint density at radius 3 is 2.52 bits per heavy atom. The molecule has 0 spiro atoms. The summed E-state index contributed by atoms with van der Waals surface area (Å²) < 4.78 is 0. The Hall–Kier alpha value is -0.870. The van der Waals surface area contributed by atoms with Gasteiger partial charge in [-0.3, -0.25) is 9.69 Å². The molecule has 0 aromatic carbocycles. The van der Waals surface area contributed by atoms with E-state index in [4.69, 9.17) is 0 Å². The lowest BCUT2D eigenvalue weighted by atomic mass is 10.1. The fourth-order valence-corrected chi connectivity index (χ4v) is 3.64. The molecular weight excluding hydrogens is 286 g/mol. The lowest BCUT2D eigenvalue weighted by molar-refractivity contribution is -0.130. The van der Waals surface area contributed by atoms with E-state index in [0.29, 0.717) is 18.4 Å². The van der Waals surface area contributed by atoms with Crippen LogP contribution in [-0.4, -0.2) is 72.5 Å². The third-order valence-corrected chi connectivity index (χ3v) is 5.37. The van der Waals surface area contributed by atoms with Crippen molar-refractivity contribution in [3.63, 3.8) is 0 Å². The number of hydrogen-bond donors (Lipinski definition) is 0. The predicted molar refractivity (Wildman–Crippen MR) is 96.6 cm³/mol. The van der Waals surface area contributed by atoms with Gasteiger partial charge in [-0.1, -0.05) is 12.0 Å². The third kappa shape index (κ3) is 6.27. The van der Waals surface area contributed by atoms with Crippen molar-refractivity contribution in [1.29, 1.82) is 0 Å². The average Bonchev–Trinajstić information content (AvgIpc) is 2.73. The van der Waals surface area contributed by atoms with Crippen molar-refractivity contribution < 1.29 is 4.79 Å². The molecule has 0 aromatic rings. The molecule has 0 aromatic heterocycles. The highest BCUT2D eigenvalue weighted by molar-refractivity contribution is 5.76. The molecule has 1 amide bonds. The van der Waals surface area contributed by atoms with Crippen molar-refractivity contribution in [3.8, 4) is 0 Å². The van der Waals surface area contributed by atoms with Crippen LogP contribution in [0.5, 0.6) is 0 Å². The van der Waals surface area contributed by atoms with Gasteiger partial charge in [0.1, 0.15) is 0 Å². The van der Waals surface area contributed by atoms with Crippen LogP contribution in [0.1, 0.15) is 52.4 Å². The summed E-state index contributed by atoms with van der Waals surface area (Å²) >= 11 is 0. The molecule has 23 heavy (non-hydrogen) atoms. The van der Waals surface area contributed by atoms with Gasteiger partial charge in [0.25, 0.3) is 0 Å². The molecule has 0 saturated carbocycles. The molecule has 2 aliphatic heterocycles. The third-order valence-electron chi connectivity index (χ3n) is 5.37. The van der Waals surface area contributed by atoms with Crippen molar-refractivity contribution >= 4 is 5.91 Å². The van der Waals surface area contributed by atoms with Gasteiger partial charge in [-0.25, -0.2) is 0 Å². The topological polar surface area (TPSA) is 26.8 Å². The van der Waals surface area contributed by atoms with Crippen LogP contribution in [0.25, 0.3) is 0 Å². The smallest absolute Gasteiger partial charge is 0.223 e. The van der Waals surface area contributed by atoms with Gasteiger partial charge >= 0.3 is 0 Å². The van der Waals surface area contributed by atoms with Gasteiger partial charge < -0.3 is 9.80 Å². The molecule has 0 radical (unpaired) electrons. The molecule has 132 valence electrons. The molecule has 0 aliphatic carbocycles. The molecule has 2 saturated heterocycles. The Kier molecular flexibility index (Phi) is 7.57. The van der Waals surface area contributed by atoms with Crippen LogP contribution in [0.2, 0.25) is 0 Å². The second kappa shape index (κ2) is 9.43. The summed E-state index contributed by atoms with van der Waals surface area (Å²) in [4.78, 5) is 19.5. The minimum atomic E-state index is 0.344. The fourth-order valence-electron chi connectivity index (χ4n) is 3.64. The Labute approximate surface area is 142 Å². The Bertz CT molecular complexity index is 390. The van der Waals surface area contributed by atoms with Gasteiger partial charge in [-0.05, 0) is 52.6 Å². The number of amides is 1. The molecule has 4 nitrogen and oxygen atoms in total. The second-order valence-electron chi connectivity index (χ2n) is 7.41. The molecule has 4 heteroatoms. The maximum Gasteiger partial charge on any atom is 0.223 e. The number of hydrogen-bond acceptors (Lipinski definition) is 3. The van der Waals surface area contributed by atoms with Crippen LogP contribution in [0.3, 0.4) is 0 Å². The highest BCUT2D eigenvalue weighted by Gasteiger charge is 2.24. The van der Waals surface area contributed by atoms with Crippen molar-refractivity contribution in [2.45, 2.75) is 58.4 Å². The Morgan fingerprint density at radius 2 is 1.83 bits per heavy atom. The summed E-state index contributed by atoms with van der Waals surface area (Å²) in [5.41, 5.74) is 1.26. The Balaban J connectivity index is 1.75. The fraction of sp³-hybridized carbons (Fsp3) is 0.842. The van der Waals surface area contributed by atoms with Gasteiger partial charge in [0.15, 0.2) is 0 Å². The largest absolute Gasteiger partial charge is 0.340 e. The molecule has 2 heterocycles. The zero-order chi connectivity index (χ0) is 16.7. The van der Waals surface area contributed by atoms with E-state index in [1.165, 1.54) is 37.9 Å². The quantitative estimate of drug-likeness (QED) is 0.675. The van der Waals surface area contributed by atoms with E-state index in [1.807, 2.05) is 0 Å². The van der Waals surface area contributed by atoms with Crippen LogP contribution in [0.4, 0.5) is 0 Å². The highest BCUT2D eigenvalue weighted by atomic mass is 16.2. The van der Waals surface area contributed by atoms with Gasteiger partial charge in [0.2, 0.25) is 5.91 Å². The monoisotopic (exact) mass is 321 g/mol. The molecular formula is C19H35N3O. The maximum absolute atomic E-state index is 12.4. The SMILES string of the molecule is C=C(C)CCC(C)N1CCC(=O)N(CCN2CCCCC2)CC1. The lowest BCUT2D eigenvalue weighted by Gasteiger charge is -2.30. The number of carbonyl (C=O) groups excluding carboxylic acids is 1. The minimum absolute atomic E-state index is 0.344. The van der Waals surface area contributed by atoms with Gasteiger partial charge in [-0.2, -0.15) is 0 Å². The highest BCUT2D eigenvalue weighted by Crippen LogP contribution is 2.14. The molecule has 2 rings (SSSR count). The van der Waals surface area contributed by atoms with E-state index in [2.05, 4.69) is 35.1 Å². The summed E-state index contributed by atoms with van der Waals surface area (Å²) in [5.74, 6) is 0.344. The van der Waals surface area contributed by atoms with Gasteiger partial charge in [0, 0.05) is 45.2 Å². The number of rotatable bonds is 7. The zero-order valence-corrected chi connectivity index (χ0v) is 15.2. The first-order chi connectivity index (χ1) is 11.1. The van der Waals surface area contributed by atoms with Crippen molar-refractivity contribution in [2.75, 3.05) is 45.8 Å². The number of likely N-dealkylation sites (tertiary alicyclic amines) is 1. The number of nitrogens with zero attached hydrogens (tertiary/aromatic N) is 3. The molecule has 0 N–H and O–H groups in total. The first kappa shape index (κ1) is 18.5. The van der Waals surface area contributed by atoms with Crippen LogP contribution >= 0.6 is 0 Å². The normalized spacial score (nSPS) is 22.9. The summed E-state index contributed by atoms with van der Waals surface area (Å²) in [6.45, 7) is 15.6. The van der Waals surface area contributed by atoms with Crippen LogP contribution < -0.4 is 0 Å². The van der Waals surface area contributed by atoms with E-state index in [1.54, 1.807) is 0 Å². The van der Waals surface area contributed by atoms with E-state index in [9.17, 15) is 4.79 Å². The summed E-state index contributed by atoms with van der Waals surface area (Å²) in [7, 11) is 0. The van der Waals surface area contributed by atoms with Crippen molar-refractivity contribution in [3.05, 3.63) is 12.2 Å². The molecule has 1 atom stereocenters. The van der Waals surface area contributed by atoms with E-state index < -0.39 is 0 Å². The zero-order valence-electron chi connectivity index (χ0n) is 15.2. The van der Waals surface area contributed by atoms with Crippen molar-refractivity contribution in [2.24, 2.45) is 0 Å². The first-order valence-electron chi connectivity index (χ1n) is 9.45. The maximum atomic E-state index is 12.4. The van der Waals surface area contributed by atoms with E-state index in [0.717, 1.165) is 45.6 Å². The van der Waals surface area contributed by atoms with Crippen LogP contribution in [0.15, 0.2) is 12.2 Å². The van der Waals surface area contributed by atoms with Crippen LogP contribution in [-0.2, 0) is 4.79 Å². The number of allylic oxidation sites excluding steroid dienone is 1. The van der Waals surface area contributed by atoms with Crippen molar-refractivity contribution in [1.82, 2.24) is 14.7 Å². The lowest BCUT2D eigenvalue weighted by Crippen LogP contribution is -2.41. The standard InChI is InChI=1S/C19H35N3O/c1-17(2)7-8-18(3)21-12-9-19(23)22(16-15-21)14-13-20-10-5-4-6-11-20/h18H,1,4-16H2,2-3H3. The van der Waals surface area contributed by atoms with Gasteiger partial charge in [0.05, 0.1) is 0 Å². The Morgan fingerprint density at radius 1 is 1.09 bits per heavy atom. The second-order valence-corrected chi connectivity index (χ2v) is 7.41. The van der Waals surface area contributed by atoms with Gasteiger partial charge in [-0.15, -0.1) is 6.58 Å². The predicted octanol–water partition coefficient (Wildman–Crippen LogP) is 2.75. The van der Waals surface area contributed by atoms with E-state index >= 15 is 0 Å². The molecule has 0 bridgehead atoms. The number of piperidine rings is 1. The first-order valence-corrected chi connectivity index (χ1v) is 9.45. The summed E-state index contributed by atoms with van der Waals surface area (Å²) in [6, 6.07) is 0.543. The minimum Gasteiger partial charge on any atom is -0.340 e.